The predicted molar refractivity (Wildman–Crippen MR) is 454 cm³/mol. The summed E-state index contributed by atoms with van der Waals surface area (Å²) in [6.45, 7) is 2.49. The highest BCUT2D eigenvalue weighted by atomic mass is 31.2. The summed E-state index contributed by atoms with van der Waals surface area (Å²) >= 11 is 0. The van der Waals surface area contributed by atoms with E-state index in [1.807, 2.05) is 0 Å². The van der Waals surface area contributed by atoms with Gasteiger partial charge in [-0.25, -0.2) is 9.13 Å². The predicted octanol–water partition coefficient (Wildman–Crippen LogP) is 26.2. The number of aliphatic hydroxyl groups is 2. The lowest BCUT2D eigenvalue weighted by Gasteiger charge is -2.21. The minimum Gasteiger partial charge on any atom is -0.463 e. The number of ether oxygens (including phenoxy) is 3. The van der Waals surface area contributed by atoms with E-state index >= 15 is 0 Å². The van der Waals surface area contributed by atoms with Crippen molar-refractivity contribution in [2.75, 3.05) is 39.6 Å². The molecule has 0 spiro atoms. The summed E-state index contributed by atoms with van der Waals surface area (Å²) in [4.78, 5) is 58.8. The van der Waals surface area contributed by atoms with Gasteiger partial charge >= 0.3 is 33.6 Å². The number of hydrogen-bond acceptors (Lipinski definition) is 14. The van der Waals surface area contributed by atoms with Crippen LogP contribution in [0, 0.1) is 0 Å². The molecule has 0 heterocycles. The molecule has 18 heteroatoms. The minimum atomic E-state index is -4.93. The van der Waals surface area contributed by atoms with Crippen LogP contribution in [-0.2, 0) is 55.8 Å². The molecular weight excluding hydrogens is 1410 g/mol. The van der Waals surface area contributed by atoms with Crippen molar-refractivity contribution in [1.82, 2.24) is 0 Å². The average Bonchev–Trinajstić information content (AvgIpc) is 0.901. The largest absolute Gasteiger partial charge is 0.472 e. The molecule has 0 radical (unpaired) electrons. The third-order valence-electron chi connectivity index (χ3n) is 18.4. The molecule has 0 aromatic carbocycles. The van der Waals surface area contributed by atoms with Crippen LogP contribution in [0.15, 0.2) is 134 Å². The average molecular weight is 1570 g/mol. The molecule has 0 rings (SSSR count). The zero-order valence-electron chi connectivity index (χ0n) is 68.9. The van der Waals surface area contributed by atoms with E-state index in [4.69, 9.17) is 32.3 Å². The van der Waals surface area contributed by atoms with E-state index in [9.17, 15) is 43.5 Å². The number of phosphoric acid groups is 2. The summed E-state index contributed by atoms with van der Waals surface area (Å²) < 4.78 is 61.3. The maximum Gasteiger partial charge on any atom is 0.472 e. The van der Waals surface area contributed by atoms with E-state index in [-0.39, 0.29) is 19.3 Å². The fourth-order valence-corrected chi connectivity index (χ4v) is 13.4. The van der Waals surface area contributed by atoms with Gasteiger partial charge in [0.25, 0.3) is 0 Å². The SMILES string of the molecule is CC/C=C\C/C=C\C/C=C\C/C=C\C/C=C\C/C=C\CCCCCCCCCCCCC(=O)OCC(COP(=O)(O)OCC(O)COP(=O)(O)OCC(O)COC(=O)CCCCCCCCCCCCCCCCC/C=C\C/C=C\C/C=C\C/C=C\C/C=C\CC)OC(=O)CCCCCCCCCCCCCCC. The fraction of sp³-hybridized carbons (Fsp3) is 0.725. The van der Waals surface area contributed by atoms with Gasteiger partial charge in [0.05, 0.1) is 26.4 Å². The Kier molecular flexibility index (Phi) is 79.8. The molecule has 0 aromatic heterocycles. The molecule has 0 aliphatic rings. The van der Waals surface area contributed by atoms with Gasteiger partial charge in [0.15, 0.2) is 6.10 Å². The first-order chi connectivity index (χ1) is 53.2. The second kappa shape index (κ2) is 83.1. The van der Waals surface area contributed by atoms with Gasteiger partial charge in [0, 0.05) is 19.3 Å². The van der Waals surface area contributed by atoms with E-state index in [2.05, 4.69) is 154 Å². The summed E-state index contributed by atoms with van der Waals surface area (Å²) in [5.74, 6) is -1.57. The number of rotatable bonds is 82. The highest BCUT2D eigenvalue weighted by molar-refractivity contribution is 7.47. The summed E-state index contributed by atoms with van der Waals surface area (Å²) in [6, 6.07) is 0. The lowest BCUT2D eigenvalue weighted by molar-refractivity contribution is -0.161. The molecule has 4 N–H and O–H groups in total. The zero-order valence-corrected chi connectivity index (χ0v) is 70.7. The van der Waals surface area contributed by atoms with Gasteiger partial charge in [-0.3, -0.25) is 32.5 Å². The Labute approximate surface area is 665 Å². The van der Waals surface area contributed by atoms with Crippen molar-refractivity contribution in [1.29, 1.82) is 0 Å². The van der Waals surface area contributed by atoms with Crippen molar-refractivity contribution in [3.8, 4) is 0 Å². The third kappa shape index (κ3) is 84.4. The maximum absolute atomic E-state index is 13.0. The van der Waals surface area contributed by atoms with E-state index < -0.39 is 91.5 Å². The van der Waals surface area contributed by atoms with Crippen LogP contribution in [0.1, 0.15) is 367 Å². The van der Waals surface area contributed by atoms with Crippen LogP contribution < -0.4 is 0 Å². The third-order valence-corrected chi connectivity index (χ3v) is 20.3. The van der Waals surface area contributed by atoms with Crippen molar-refractivity contribution in [2.45, 2.75) is 386 Å². The Morgan fingerprint density at radius 2 is 0.486 bits per heavy atom. The van der Waals surface area contributed by atoms with Crippen LogP contribution in [0.5, 0.6) is 0 Å². The topological polar surface area (TPSA) is 231 Å². The molecule has 0 amide bonds. The van der Waals surface area contributed by atoms with Crippen LogP contribution in [0.3, 0.4) is 0 Å². The van der Waals surface area contributed by atoms with Gasteiger partial charge in [-0.05, 0) is 116 Å². The van der Waals surface area contributed by atoms with Crippen LogP contribution in [0.25, 0.3) is 0 Å². The monoisotopic (exact) mass is 1570 g/mol. The highest BCUT2D eigenvalue weighted by Gasteiger charge is 2.29. The Hall–Kier alpha value is -4.31. The van der Waals surface area contributed by atoms with Gasteiger partial charge in [-0.15, -0.1) is 0 Å². The molecule has 5 unspecified atom stereocenters. The Morgan fingerprint density at radius 3 is 0.771 bits per heavy atom. The second-order valence-corrected chi connectivity index (χ2v) is 31.8. The molecule has 628 valence electrons. The quantitative estimate of drug-likeness (QED) is 0.0146. The van der Waals surface area contributed by atoms with E-state index in [1.165, 1.54) is 161 Å². The Bertz CT molecular complexity index is 2510. The number of carbonyl (C=O) groups excluding carboxylic acids is 3. The molecule has 0 fully saturated rings. The smallest absolute Gasteiger partial charge is 0.463 e. The lowest BCUT2D eigenvalue weighted by atomic mass is 10.0. The normalized spacial score (nSPS) is 14.5. The van der Waals surface area contributed by atoms with E-state index in [0.717, 1.165) is 148 Å². The van der Waals surface area contributed by atoms with Crippen molar-refractivity contribution in [3.05, 3.63) is 134 Å². The minimum absolute atomic E-state index is 0.106. The molecule has 0 aromatic rings. The molecule has 0 bridgehead atoms. The van der Waals surface area contributed by atoms with Gasteiger partial charge in [0.2, 0.25) is 0 Å². The molecule has 0 saturated heterocycles. The molecule has 0 aliphatic heterocycles. The molecule has 16 nitrogen and oxygen atoms in total. The summed E-state index contributed by atoms with van der Waals surface area (Å²) in [7, 11) is -9.79. The number of unbranched alkanes of at least 4 members (excludes halogenated alkanes) is 37. The maximum atomic E-state index is 13.0. The first-order valence-corrected chi connectivity index (χ1v) is 46.5. The summed E-state index contributed by atoms with van der Waals surface area (Å²) in [5.41, 5.74) is 0. The highest BCUT2D eigenvalue weighted by Crippen LogP contribution is 2.45. The van der Waals surface area contributed by atoms with Crippen molar-refractivity contribution >= 4 is 33.6 Å². The molecular formula is C91H158O16P2. The van der Waals surface area contributed by atoms with Gasteiger partial charge in [-0.2, -0.15) is 0 Å². The second-order valence-electron chi connectivity index (χ2n) is 28.9. The van der Waals surface area contributed by atoms with Gasteiger partial charge in [-0.1, -0.05) is 366 Å². The Balaban J connectivity index is 4.45. The fourth-order valence-electron chi connectivity index (χ4n) is 11.8. The molecule has 5 atom stereocenters. The van der Waals surface area contributed by atoms with Crippen molar-refractivity contribution < 1.29 is 75.8 Å². The summed E-state index contributed by atoms with van der Waals surface area (Å²) in [5, 5.41) is 20.7. The number of allylic oxidation sites excluding steroid dienone is 22. The first kappa shape index (κ1) is 105. The lowest BCUT2D eigenvalue weighted by Crippen LogP contribution is -2.30. The standard InChI is InChI=1S/C91H158O16P2/c1-4-7-10-13-16-19-22-25-27-29-31-33-35-37-39-41-42-44-46-47-49-51-53-55-57-60-62-65-68-71-74-77-89(94)101-80-86(92)81-103-108(97,98)104-82-87(93)83-105-109(99,100)106-85-88(107-91(96)79-76-73-70-67-64-59-24-21-18-15-12-9-6-3)84-102-90(95)78-75-72-69-66-63-61-58-56-54-52-50-48-45-43-40-38-36-34-32-30-28-26-23-20-17-14-11-8-5-2/h7-8,10-11,16-17,19-20,25-28,31-34,37-40,45,48,86-88,92-93H,4-6,9,12-15,18,21-24,29-30,35-36,41-44,46-47,49-85H2,1-3H3,(H,97,98)(H,99,100)/b10-7-,11-8-,19-16-,20-17-,27-25-,28-26-,33-31-,34-32-,39-37-,40-38-,48-45-. The number of aliphatic hydroxyl groups excluding tert-OH is 2. The van der Waals surface area contributed by atoms with Crippen LogP contribution in [-0.4, -0.2) is 95.9 Å². The Morgan fingerprint density at radius 1 is 0.266 bits per heavy atom. The van der Waals surface area contributed by atoms with Gasteiger partial charge in [0.1, 0.15) is 25.4 Å². The first-order valence-electron chi connectivity index (χ1n) is 43.5. The van der Waals surface area contributed by atoms with Crippen molar-refractivity contribution in [3.63, 3.8) is 0 Å². The molecule has 0 aliphatic carbocycles. The van der Waals surface area contributed by atoms with Crippen molar-refractivity contribution in [2.24, 2.45) is 0 Å². The van der Waals surface area contributed by atoms with E-state index in [1.54, 1.807) is 0 Å². The number of esters is 3. The number of hydrogen-bond donors (Lipinski definition) is 4. The zero-order chi connectivity index (χ0) is 79.4. The van der Waals surface area contributed by atoms with Crippen LogP contribution >= 0.6 is 15.6 Å². The van der Waals surface area contributed by atoms with Crippen LogP contribution in [0.2, 0.25) is 0 Å². The number of carbonyl (C=O) groups is 3. The summed E-state index contributed by atoms with van der Waals surface area (Å²) in [6.07, 6.45) is 102. The number of phosphoric ester groups is 2. The van der Waals surface area contributed by atoms with Gasteiger partial charge < -0.3 is 34.2 Å². The van der Waals surface area contributed by atoms with E-state index in [0.29, 0.717) is 19.3 Å². The molecule has 109 heavy (non-hydrogen) atoms. The molecule has 0 saturated carbocycles. The van der Waals surface area contributed by atoms with Crippen LogP contribution in [0.4, 0.5) is 0 Å².